The SMILES string of the molecule is C1=CC=C2CNCC2C=C1. The summed E-state index contributed by atoms with van der Waals surface area (Å²) in [5.74, 6) is 0.662. The molecule has 0 bridgehead atoms. The van der Waals surface area contributed by atoms with Crippen LogP contribution in [0.1, 0.15) is 0 Å². The summed E-state index contributed by atoms with van der Waals surface area (Å²) in [6.45, 7) is 2.18. The summed E-state index contributed by atoms with van der Waals surface area (Å²) in [7, 11) is 0. The van der Waals surface area contributed by atoms with Crippen LogP contribution in [0.3, 0.4) is 0 Å². The molecule has 52 valence electrons. The van der Waals surface area contributed by atoms with Gasteiger partial charge in [-0.25, -0.2) is 0 Å². The Labute approximate surface area is 61.1 Å². The van der Waals surface area contributed by atoms with Crippen LogP contribution in [0.5, 0.6) is 0 Å². The highest BCUT2D eigenvalue weighted by Gasteiger charge is 2.16. The molecule has 0 radical (unpaired) electrons. The zero-order valence-electron chi connectivity index (χ0n) is 5.88. The molecule has 1 fully saturated rings. The average molecular weight is 133 g/mol. The maximum Gasteiger partial charge on any atom is 0.0174 e. The first-order valence-electron chi connectivity index (χ1n) is 3.71. The van der Waals surface area contributed by atoms with E-state index in [4.69, 9.17) is 0 Å². The fraction of sp³-hybridized carbons (Fsp3) is 0.333. The van der Waals surface area contributed by atoms with E-state index < -0.39 is 0 Å². The van der Waals surface area contributed by atoms with Gasteiger partial charge in [-0.05, 0) is 5.57 Å². The Morgan fingerprint density at radius 3 is 3.30 bits per heavy atom. The molecule has 1 N–H and O–H groups in total. The van der Waals surface area contributed by atoms with Crippen molar-refractivity contribution in [3.63, 3.8) is 0 Å². The highest BCUT2D eigenvalue weighted by molar-refractivity contribution is 5.29. The van der Waals surface area contributed by atoms with E-state index in [0.717, 1.165) is 13.1 Å². The quantitative estimate of drug-likeness (QED) is 0.524. The lowest BCUT2D eigenvalue weighted by Crippen LogP contribution is -2.07. The van der Waals surface area contributed by atoms with Crippen molar-refractivity contribution in [1.29, 1.82) is 0 Å². The molecule has 10 heavy (non-hydrogen) atoms. The van der Waals surface area contributed by atoms with Gasteiger partial charge in [0.25, 0.3) is 0 Å². The van der Waals surface area contributed by atoms with Gasteiger partial charge in [0, 0.05) is 19.0 Å². The van der Waals surface area contributed by atoms with Gasteiger partial charge in [-0.15, -0.1) is 0 Å². The third-order valence-electron chi connectivity index (χ3n) is 2.05. The van der Waals surface area contributed by atoms with Crippen LogP contribution in [0.4, 0.5) is 0 Å². The zero-order valence-corrected chi connectivity index (χ0v) is 5.88. The molecule has 1 heteroatoms. The topological polar surface area (TPSA) is 12.0 Å². The molecule has 1 heterocycles. The second kappa shape index (κ2) is 2.43. The van der Waals surface area contributed by atoms with Crippen molar-refractivity contribution in [2.45, 2.75) is 0 Å². The predicted molar refractivity (Wildman–Crippen MR) is 42.7 cm³/mol. The number of hydrogen-bond donors (Lipinski definition) is 1. The predicted octanol–water partition coefficient (Wildman–Crippen LogP) is 1.26. The normalized spacial score (nSPS) is 29.6. The van der Waals surface area contributed by atoms with E-state index in [-0.39, 0.29) is 0 Å². The molecule has 1 saturated heterocycles. The number of hydrogen-bond acceptors (Lipinski definition) is 1. The monoisotopic (exact) mass is 133 g/mol. The summed E-state index contributed by atoms with van der Waals surface area (Å²) in [5.41, 5.74) is 1.52. The molecule has 0 aromatic carbocycles. The highest BCUT2D eigenvalue weighted by Crippen LogP contribution is 2.18. The Balaban J connectivity index is 2.29. The molecular formula is C9H11N. The minimum atomic E-state index is 0.662. The van der Waals surface area contributed by atoms with E-state index in [0.29, 0.717) is 5.92 Å². The van der Waals surface area contributed by atoms with Gasteiger partial charge in [-0.3, -0.25) is 0 Å². The van der Waals surface area contributed by atoms with Gasteiger partial charge in [0.1, 0.15) is 0 Å². The van der Waals surface area contributed by atoms with Gasteiger partial charge in [-0.1, -0.05) is 30.4 Å². The first kappa shape index (κ1) is 5.93. The van der Waals surface area contributed by atoms with Crippen molar-refractivity contribution < 1.29 is 0 Å². The van der Waals surface area contributed by atoms with Crippen molar-refractivity contribution in [1.82, 2.24) is 5.32 Å². The number of nitrogens with one attached hydrogen (secondary N) is 1. The summed E-state index contributed by atoms with van der Waals surface area (Å²) in [6, 6.07) is 0. The number of allylic oxidation sites excluding steroid dienone is 4. The molecule has 0 saturated carbocycles. The average Bonchev–Trinajstić information content (AvgIpc) is 2.28. The van der Waals surface area contributed by atoms with Gasteiger partial charge in [0.15, 0.2) is 0 Å². The van der Waals surface area contributed by atoms with Crippen LogP contribution in [0, 0.1) is 5.92 Å². The van der Waals surface area contributed by atoms with Gasteiger partial charge in [0.2, 0.25) is 0 Å². The summed E-state index contributed by atoms with van der Waals surface area (Å²) in [5, 5.41) is 3.34. The van der Waals surface area contributed by atoms with Crippen molar-refractivity contribution in [2.24, 2.45) is 5.92 Å². The van der Waals surface area contributed by atoms with E-state index in [1.807, 2.05) is 0 Å². The minimum absolute atomic E-state index is 0.662. The second-order valence-corrected chi connectivity index (χ2v) is 2.75. The first-order chi connectivity index (χ1) is 4.97. The maximum atomic E-state index is 3.34. The Morgan fingerprint density at radius 1 is 1.30 bits per heavy atom. The second-order valence-electron chi connectivity index (χ2n) is 2.75. The van der Waals surface area contributed by atoms with Crippen LogP contribution >= 0.6 is 0 Å². The Morgan fingerprint density at radius 2 is 2.30 bits per heavy atom. The molecule has 0 spiro atoms. The smallest absolute Gasteiger partial charge is 0.0174 e. The molecular weight excluding hydrogens is 122 g/mol. The third-order valence-corrected chi connectivity index (χ3v) is 2.05. The highest BCUT2D eigenvalue weighted by atomic mass is 14.9. The fourth-order valence-corrected chi connectivity index (χ4v) is 1.45. The van der Waals surface area contributed by atoms with Crippen LogP contribution in [0.15, 0.2) is 36.0 Å². The first-order valence-corrected chi connectivity index (χ1v) is 3.71. The molecule has 1 aliphatic carbocycles. The van der Waals surface area contributed by atoms with Crippen molar-refractivity contribution in [3.8, 4) is 0 Å². The van der Waals surface area contributed by atoms with Gasteiger partial charge < -0.3 is 5.32 Å². The van der Waals surface area contributed by atoms with E-state index in [1.54, 1.807) is 0 Å². The van der Waals surface area contributed by atoms with Crippen LogP contribution in [0.2, 0.25) is 0 Å². The van der Waals surface area contributed by atoms with E-state index >= 15 is 0 Å². The van der Waals surface area contributed by atoms with Gasteiger partial charge in [0.05, 0.1) is 0 Å². The molecule has 2 rings (SSSR count). The van der Waals surface area contributed by atoms with E-state index in [1.165, 1.54) is 5.57 Å². The molecule has 2 aliphatic rings. The standard InChI is InChI=1S/C9H11N/c1-2-4-8-6-10-7-9(8)5-3-1/h1-5,8,10H,6-7H2. The number of fused-ring (bicyclic) bond motifs is 1. The largest absolute Gasteiger partial charge is 0.312 e. The van der Waals surface area contributed by atoms with E-state index in [9.17, 15) is 0 Å². The van der Waals surface area contributed by atoms with Crippen LogP contribution in [-0.4, -0.2) is 13.1 Å². The lowest BCUT2D eigenvalue weighted by Gasteiger charge is -2.00. The van der Waals surface area contributed by atoms with Gasteiger partial charge >= 0.3 is 0 Å². The Bertz CT molecular complexity index is 211. The molecule has 1 nitrogen and oxygen atoms in total. The molecule has 1 unspecified atom stereocenters. The maximum absolute atomic E-state index is 3.34. The van der Waals surface area contributed by atoms with Crippen LogP contribution in [-0.2, 0) is 0 Å². The van der Waals surface area contributed by atoms with Gasteiger partial charge in [-0.2, -0.15) is 0 Å². The lowest BCUT2D eigenvalue weighted by atomic mass is 10.0. The van der Waals surface area contributed by atoms with Crippen LogP contribution in [0.25, 0.3) is 0 Å². The minimum Gasteiger partial charge on any atom is -0.312 e. The summed E-state index contributed by atoms with van der Waals surface area (Å²) in [4.78, 5) is 0. The Kier molecular flexibility index (Phi) is 1.44. The Hall–Kier alpha value is -0.820. The fourth-order valence-electron chi connectivity index (χ4n) is 1.45. The molecule has 1 atom stereocenters. The molecule has 0 aromatic heterocycles. The molecule has 0 amide bonds. The van der Waals surface area contributed by atoms with Crippen LogP contribution < -0.4 is 5.32 Å². The lowest BCUT2D eigenvalue weighted by molar-refractivity contribution is 0.780. The molecule has 1 aliphatic heterocycles. The summed E-state index contributed by atoms with van der Waals surface area (Å²) in [6.07, 6.45) is 10.8. The summed E-state index contributed by atoms with van der Waals surface area (Å²) < 4.78 is 0. The zero-order chi connectivity index (χ0) is 6.81. The van der Waals surface area contributed by atoms with Crippen molar-refractivity contribution in [2.75, 3.05) is 13.1 Å². The van der Waals surface area contributed by atoms with E-state index in [2.05, 4.69) is 35.7 Å². The van der Waals surface area contributed by atoms with Crippen molar-refractivity contribution in [3.05, 3.63) is 36.0 Å². The molecule has 0 aromatic rings. The summed E-state index contributed by atoms with van der Waals surface area (Å²) >= 11 is 0. The van der Waals surface area contributed by atoms with Crippen molar-refractivity contribution >= 4 is 0 Å². The third kappa shape index (κ3) is 0.929. The number of rotatable bonds is 0.